The van der Waals surface area contributed by atoms with Crippen molar-refractivity contribution in [3.05, 3.63) is 65.2 Å². The van der Waals surface area contributed by atoms with E-state index in [-0.39, 0.29) is 0 Å². The summed E-state index contributed by atoms with van der Waals surface area (Å²) in [7, 11) is 1.74. The fraction of sp³-hybridized carbons (Fsp3) is 0.368. The summed E-state index contributed by atoms with van der Waals surface area (Å²) < 4.78 is 5.37. The van der Waals surface area contributed by atoms with Crippen LogP contribution in [-0.4, -0.2) is 20.2 Å². The van der Waals surface area contributed by atoms with Crippen molar-refractivity contribution < 1.29 is 4.74 Å². The van der Waals surface area contributed by atoms with Crippen molar-refractivity contribution in [2.24, 2.45) is 0 Å². The lowest BCUT2D eigenvalue weighted by molar-refractivity contribution is 0.410. The molecule has 0 aliphatic rings. The van der Waals surface area contributed by atoms with Crippen molar-refractivity contribution in [1.29, 1.82) is 0 Å². The summed E-state index contributed by atoms with van der Waals surface area (Å²) in [6.07, 6.45) is 3.16. The molecule has 2 heteroatoms. The Bertz CT molecular complexity index is 537. The van der Waals surface area contributed by atoms with Crippen molar-refractivity contribution in [3.63, 3.8) is 0 Å². The van der Waals surface area contributed by atoms with Gasteiger partial charge in [0, 0.05) is 0 Å². The summed E-state index contributed by atoms with van der Waals surface area (Å²) in [6.45, 7) is 4.21. The summed E-state index contributed by atoms with van der Waals surface area (Å²) in [6, 6.07) is 17.1. The second-order valence-corrected chi connectivity index (χ2v) is 5.24. The lowest BCUT2D eigenvalue weighted by Crippen LogP contribution is -2.20. The Labute approximate surface area is 128 Å². The Hall–Kier alpha value is -1.80. The quantitative estimate of drug-likeness (QED) is 0.747. The fourth-order valence-electron chi connectivity index (χ4n) is 2.50. The number of aryl methyl sites for hydroxylation is 1. The van der Waals surface area contributed by atoms with Gasteiger partial charge in [0.25, 0.3) is 0 Å². The first-order chi connectivity index (χ1) is 10.3. The van der Waals surface area contributed by atoms with Gasteiger partial charge in [0.15, 0.2) is 0 Å². The number of benzene rings is 2. The van der Waals surface area contributed by atoms with Gasteiger partial charge in [0.2, 0.25) is 0 Å². The monoisotopic (exact) mass is 283 g/mol. The van der Waals surface area contributed by atoms with Crippen molar-refractivity contribution in [2.45, 2.75) is 26.2 Å². The summed E-state index contributed by atoms with van der Waals surface area (Å²) in [4.78, 5) is 0. The van der Waals surface area contributed by atoms with Crippen LogP contribution in [-0.2, 0) is 19.3 Å². The molecule has 2 nitrogen and oxygen atoms in total. The Morgan fingerprint density at radius 1 is 0.905 bits per heavy atom. The van der Waals surface area contributed by atoms with Crippen LogP contribution in [0.25, 0.3) is 0 Å². The van der Waals surface area contributed by atoms with Crippen LogP contribution in [0.5, 0.6) is 5.75 Å². The standard InChI is InChI=1S/C19H25NO/c1-3-18-15-17(9-10-19(18)21-2)12-14-20-13-11-16-7-5-4-6-8-16/h4-10,15,20H,3,11-14H2,1-2H3. The van der Waals surface area contributed by atoms with Crippen LogP contribution in [0.1, 0.15) is 23.6 Å². The predicted octanol–water partition coefficient (Wildman–Crippen LogP) is 3.63. The highest BCUT2D eigenvalue weighted by molar-refractivity contribution is 5.37. The number of methoxy groups -OCH3 is 1. The highest BCUT2D eigenvalue weighted by Crippen LogP contribution is 2.20. The first kappa shape index (κ1) is 15.6. The second kappa shape index (κ2) is 8.48. The van der Waals surface area contributed by atoms with Crippen LogP contribution in [0.15, 0.2) is 48.5 Å². The molecule has 0 radical (unpaired) electrons. The van der Waals surface area contributed by atoms with Crippen LogP contribution in [0, 0.1) is 0 Å². The smallest absolute Gasteiger partial charge is 0.122 e. The van der Waals surface area contributed by atoms with E-state index < -0.39 is 0 Å². The number of ether oxygens (including phenoxy) is 1. The third-order valence-electron chi connectivity index (χ3n) is 3.75. The first-order valence-electron chi connectivity index (χ1n) is 7.74. The van der Waals surface area contributed by atoms with E-state index in [0.29, 0.717) is 0 Å². The maximum absolute atomic E-state index is 5.37. The third-order valence-corrected chi connectivity index (χ3v) is 3.75. The van der Waals surface area contributed by atoms with Gasteiger partial charge >= 0.3 is 0 Å². The van der Waals surface area contributed by atoms with Gasteiger partial charge in [-0.05, 0) is 55.1 Å². The topological polar surface area (TPSA) is 21.3 Å². The van der Waals surface area contributed by atoms with Crippen LogP contribution in [0.2, 0.25) is 0 Å². The lowest BCUT2D eigenvalue weighted by atomic mass is 10.1. The van der Waals surface area contributed by atoms with Gasteiger partial charge in [-0.3, -0.25) is 0 Å². The SMILES string of the molecule is CCc1cc(CCNCCc2ccccc2)ccc1OC. The molecule has 0 spiro atoms. The number of hydrogen-bond donors (Lipinski definition) is 1. The first-order valence-corrected chi connectivity index (χ1v) is 7.74. The van der Waals surface area contributed by atoms with Gasteiger partial charge in [-0.15, -0.1) is 0 Å². The zero-order chi connectivity index (χ0) is 14.9. The van der Waals surface area contributed by atoms with E-state index in [1.54, 1.807) is 7.11 Å². The zero-order valence-electron chi connectivity index (χ0n) is 13.1. The molecule has 0 unspecified atom stereocenters. The predicted molar refractivity (Wildman–Crippen MR) is 89.1 cm³/mol. The van der Waals surface area contributed by atoms with Gasteiger partial charge in [-0.25, -0.2) is 0 Å². The van der Waals surface area contributed by atoms with Crippen molar-refractivity contribution >= 4 is 0 Å². The molecule has 2 aromatic carbocycles. The summed E-state index contributed by atoms with van der Waals surface area (Å²) >= 11 is 0. The molecule has 0 saturated heterocycles. The van der Waals surface area contributed by atoms with Gasteiger partial charge in [0.05, 0.1) is 7.11 Å². The fourth-order valence-corrected chi connectivity index (χ4v) is 2.50. The molecule has 0 fully saturated rings. The molecule has 0 atom stereocenters. The largest absolute Gasteiger partial charge is 0.496 e. The number of rotatable bonds is 8. The van der Waals surface area contributed by atoms with Gasteiger partial charge in [-0.1, -0.05) is 49.4 Å². The molecule has 0 aliphatic heterocycles. The number of hydrogen-bond acceptors (Lipinski definition) is 2. The minimum atomic E-state index is 0.998. The molecule has 1 N–H and O–H groups in total. The Morgan fingerprint density at radius 3 is 2.29 bits per heavy atom. The highest BCUT2D eigenvalue weighted by atomic mass is 16.5. The van der Waals surface area contributed by atoms with Gasteiger partial charge in [0.1, 0.15) is 5.75 Å². The molecule has 0 bridgehead atoms. The molecule has 2 rings (SSSR count). The second-order valence-electron chi connectivity index (χ2n) is 5.24. The number of nitrogens with one attached hydrogen (secondary N) is 1. The van der Waals surface area contributed by atoms with Gasteiger partial charge in [-0.2, -0.15) is 0 Å². The molecule has 112 valence electrons. The van der Waals surface area contributed by atoms with Crippen molar-refractivity contribution in [3.8, 4) is 5.75 Å². The van der Waals surface area contributed by atoms with Crippen LogP contribution in [0.4, 0.5) is 0 Å². The molecule has 0 aromatic heterocycles. The molecular formula is C19H25NO. The lowest BCUT2D eigenvalue weighted by Gasteiger charge is -2.10. The Balaban J connectivity index is 1.73. The van der Waals surface area contributed by atoms with E-state index in [0.717, 1.165) is 38.1 Å². The maximum Gasteiger partial charge on any atom is 0.122 e. The molecular weight excluding hydrogens is 258 g/mol. The van der Waals surface area contributed by atoms with E-state index >= 15 is 0 Å². The maximum atomic E-state index is 5.37. The van der Waals surface area contributed by atoms with Crippen LogP contribution in [0.3, 0.4) is 0 Å². The van der Waals surface area contributed by atoms with E-state index in [1.807, 2.05) is 0 Å². The van der Waals surface area contributed by atoms with E-state index in [4.69, 9.17) is 4.74 Å². The average molecular weight is 283 g/mol. The van der Waals surface area contributed by atoms with Crippen molar-refractivity contribution in [2.75, 3.05) is 20.2 Å². The molecule has 0 saturated carbocycles. The molecule has 0 aliphatic carbocycles. The summed E-state index contributed by atoms with van der Waals surface area (Å²) in [5.41, 5.74) is 4.06. The molecule has 21 heavy (non-hydrogen) atoms. The minimum Gasteiger partial charge on any atom is -0.496 e. The van der Waals surface area contributed by atoms with Crippen LogP contribution < -0.4 is 10.1 Å². The van der Waals surface area contributed by atoms with Gasteiger partial charge < -0.3 is 10.1 Å². The average Bonchev–Trinajstić information content (AvgIpc) is 2.55. The molecule has 2 aromatic rings. The summed E-state index contributed by atoms with van der Waals surface area (Å²) in [5, 5.41) is 3.52. The normalized spacial score (nSPS) is 10.6. The highest BCUT2D eigenvalue weighted by Gasteiger charge is 2.02. The van der Waals surface area contributed by atoms with Crippen molar-refractivity contribution in [1.82, 2.24) is 5.32 Å². The molecule has 0 amide bonds. The Kier molecular flexibility index (Phi) is 6.29. The van der Waals surface area contributed by atoms with Crippen LogP contribution >= 0.6 is 0 Å². The van der Waals surface area contributed by atoms with E-state index in [1.165, 1.54) is 16.7 Å². The minimum absolute atomic E-state index is 0.998. The molecule has 0 heterocycles. The Morgan fingerprint density at radius 2 is 1.62 bits per heavy atom. The van der Waals surface area contributed by atoms with E-state index in [9.17, 15) is 0 Å². The van der Waals surface area contributed by atoms with E-state index in [2.05, 4.69) is 60.8 Å². The zero-order valence-corrected chi connectivity index (χ0v) is 13.1. The summed E-state index contributed by atoms with van der Waals surface area (Å²) in [5.74, 6) is 0.998. The third kappa shape index (κ3) is 4.91.